The molecule has 0 aromatic heterocycles. The Balaban J connectivity index is 0. The van der Waals surface area contributed by atoms with E-state index in [-0.39, 0.29) is 0 Å². The molecule has 0 spiro atoms. The number of carboxylic acid groups (broad SMARTS) is 1. The molecule has 0 aliphatic rings. The van der Waals surface area contributed by atoms with Crippen LogP contribution in [0.4, 0.5) is 0 Å². The first-order chi connectivity index (χ1) is 5.50. The number of aliphatic carboxylic acids is 1. The van der Waals surface area contributed by atoms with Gasteiger partial charge in [-0.05, 0) is 20.3 Å². The molecule has 4 heteroatoms. The molecule has 0 rings (SSSR count). The molecule has 12 heavy (non-hydrogen) atoms. The van der Waals surface area contributed by atoms with E-state index >= 15 is 0 Å². The van der Waals surface area contributed by atoms with Crippen molar-refractivity contribution in [2.45, 2.75) is 33.1 Å². The minimum absolute atomic E-state index is 0.572. The fraction of sp³-hybridized carbons (Fsp3) is 0.750. The fourth-order valence-corrected chi connectivity index (χ4v) is 0.674. The molecule has 0 radical (unpaired) electrons. The maximum absolute atomic E-state index is 10.5. The van der Waals surface area contributed by atoms with E-state index in [0.717, 1.165) is 12.8 Å². The van der Waals surface area contributed by atoms with Gasteiger partial charge in [0.25, 0.3) is 0 Å². The van der Waals surface area contributed by atoms with Crippen LogP contribution in [0.25, 0.3) is 0 Å². The number of hydrogen-bond acceptors (Lipinski definition) is 1. The normalized spacial score (nSPS) is 10.2. The van der Waals surface area contributed by atoms with Gasteiger partial charge in [0.05, 0.1) is 5.41 Å². The van der Waals surface area contributed by atoms with Gasteiger partial charge >= 0.3 is 35.9 Å². The molecule has 0 aromatic carbocycles. The molecule has 0 unspecified atom stereocenters. The van der Waals surface area contributed by atoms with E-state index in [9.17, 15) is 4.79 Å². The fourth-order valence-electron chi connectivity index (χ4n) is 0.674. The van der Waals surface area contributed by atoms with Gasteiger partial charge in [-0.15, -0.1) is 0 Å². The van der Waals surface area contributed by atoms with Gasteiger partial charge in [-0.2, -0.15) is 6.42 Å². The van der Waals surface area contributed by atoms with Crippen molar-refractivity contribution in [1.82, 2.24) is 0 Å². The first-order valence-corrected chi connectivity index (χ1v) is 10.7. The second kappa shape index (κ2) is 8.18. The topological polar surface area (TPSA) is 37.3 Å². The van der Waals surface area contributed by atoms with Crippen LogP contribution in [-0.4, -0.2) is 11.1 Å². The number of unbranched alkanes of at least 4 members (excludes halogenated alkanes) is 1. The van der Waals surface area contributed by atoms with Gasteiger partial charge in [0.1, 0.15) is 0 Å². The van der Waals surface area contributed by atoms with Gasteiger partial charge in [-0.25, -0.2) is 0 Å². The summed E-state index contributed by atoms with van der Waals surface area (Å²) in [5.74, 6) is -0.721. The Morgan fingerprint density at radius 3 is 2.25 bits per heavy atom. The van der Waals surface area contributed by atoms with Crippen LogP contribution in [0.1, 0.15) is 33.1 Å². The van der Waals surface area contributed by atoms with Crippen molar-refractivity contribution in [3.05, 3.63) is 6.92 Å². The van der Waals surface area contributed by atoms with Crippen LogP contribution in [0.2, 0.25) is 0 Å². The summed E-state index contributed by atoms with van der Waals surface area (Å²) in [7, 11) is 0. The zero-order chi connectivity index (χ0) is 10.2. The van der Waals surface area contributed by atoms with Crippen molar-refractivity contribution in [2.75, 3.05) is 0 Å². The summed E-state index contributed by atoms with van der Waals surface area (Å²) in [6.07, 6.45) is 2.42. The van der Waals surface area contributed by atoms with Crippen molar-refractivity contribution in [3.8, 4) is 0 Å². The second-order valence-corrected chi connectivity index (χ2v) is 3.15. The van der Waals surface area contributed by atoms with Crippen LogP contribution in [0.15, 0.2) is 0 Å². The summed E-state index contributed by atoms with van der Waals surface area (Å²) in [6.45, 7) is 7.14. The number of carboxylic acids is 1. The standard InChI is InChI=1S/C8H15O2.BrH.Zn/c1-4-5-6-8(2,3)7(9)10;;/h1,4-6H2,2-3H3,(H,9,10);1H;/q-1;;+2/p-1. The Kier molecular flexibility index (Phi) is 10.3. The first-order valence-electron chi connectivity index (χ1n) is 3.80. The Morgan fingerprint density at radius 2 is 2.00 bits per heavy atom. The monoisotopic (exact) mass is 286 g/mol. The zero-order valence-corrected chi connectivity index (χ0v) is 12.3. The minimum atomic E-state index is -0.721. The number of carbonyl (C=O) groups is 1. The summed E-state index contributed by atoms with van der Waals surface area (Å²) in [6, 6.07) is 0. The van der Waals surface area contributed by atoms with E-state index in [1.54, 1.807) is 13.8 Å². The third kappa shape index (κ3) is 7.23. The van der Waals surface area contributed by atoms with Gasteiger partial charge in [0.15, 0.2) is 0 Å². The van der Waals surface area contributed by atoms with Crippen molar-refractivity contribution in [2.24, 2.45) is 5.41 Å². The van der Waals surface area contributed by atoms with Gasteiger partial charge in [-0.3, -0.25) is 4.79 Å². The SMILES string of the molecule is [CH2-]CCCC(C)(C)C(=O)O.[Zn+][Br]. The molecule has 0 atom stereocenters. The zero-order valence-electron chi connectivity index (χ0n) is 7.77. The quantitative estimate of drug-likeness (QED) is 0.638. The summed E-state index contributed by atoms with van der Waals surface area (Å²) >= 11 is 4.25. The van der Waals surface area contributed by atoms with E-state index in [1.807, 2.05) is 0 Å². The molecular weight excluding hydrogens is 273 g/mol. The summed E-state index contributed by atoms with van der Waals surface area (Å²) in [5.41, 5.74) is -0.572. The van der Waals surface area contributed by atoms with Crippen molar-refractivity contribution in [1.29, 1.82) is 0 Å². The van der Waals surface area contributed by atoms with Gasteiger partial charge in [0.2, 0.25) is 0 Å². The predicted octanol–water partition coefficient (Wildman–Crippen LogP) is 2.94. The molecule has 0 saturated heterocycles. The van der Waals surface area contributed by atoms with Crippen LogP contribution >= 0.6 is 13.6 Å². The maximum atomic E-state index is 10.5. The molecule has 0 fully saturated rings. The third-order valence-corrected chi connectivity index (χ3v) is 1.63. The number of hydrogen-bond donors (Lipinski definition) is 1. The molecule has 0 bridgehead atoms. The summed E-state index contributed by atoms with van der Waals surface area (Å²) < 4.78 is 0. The Morgan fingerprint density at radius 1 is 1.58 bits per heavy atom. The van der Waals surface area contributed by atoms with Crippen LogP contribution in [0.3, 0.4) is 0 Å². The predicted molar refractivity (Wildman–Crippen MR) is 49.6 cm³/mol. The van der Waals surface area contributed by atoms with Crippen LogP contribution in [0.5, 0.6) is 0 Å². The van der Waals surface area contributed by atoms with E-state index in [4.69, 9.17) is 5.11 Å². The molecule has 0 aliphatic heterocycles. The Labute approximate surface area is 91.2 Å². The molecule has 0 amide bonds. The molecular formula is C8H15BrO2Zn. The number of halogens is 1. The van der Waals surface area contributed by atoms with Crippen LogP contribution in [0, 0.1) is 12.3 Å². The van der Waals surface area contributed by atoms with Gasteiger partial charge in [-0.1, -0.05) is 6.42 Å². The molecule has 2 nitrogen and oxygen atoms in total. The average molecular weight is 288 g/mol. The van der Waals surface area contributed by atoms with Crippen LogP contribution < -0.4 is 0 Å². The molecule has 68 valence electrons. The molecule has 0 saturated carbocycles. The first kappa shape index (κ1) is 15.1. The molecule has 1 N–H and O–H groups in total. The summed E-state index contributed by atoms with van der Waals surface area (Å²) in [5, 5.41) is 8.65. The number of rotatable bonds is 4. The van der Waals surface area contributed by atoms with Gasteiger partial charge in [0, 0.05) is 0 Å². The van der Waals surface area contributed by atoms with Crippen molar-refractivity contribution >= 4 is 19.6 Å². The Hall–Kier alpha value is 0.573. The molecule has 0 heterocycles. The third-order valence-electron chi connectivity index (χ3n) is 1.63. The van der Waals surface area contributed by atoms with Crippen molar-refractivity contribution < 1.29 is 26.2 Å². The van der Waals surface area contributed by atoms with E-state index in [1.165, 1.54) is 16.3 Å². The van der Waals surface area contributed by atoms with Crippen LogP contribution in [-0.2, 0) is 21.1 Å². The Bertz CT molecular complexity index is 126. The van der Waals surface area contributed by atoms with E-state index in [0.29, 0.717) is 6.42 Å². The van der Waals surface area contributed by atoms with Crippen molar-refractivity contribution in [3.63, 3.8) is 0 Å². The molecule has 0 aromatic rings. The average Bonchev–Trinajstić information content (AvgIpc) is 2.04. The second-order valence-electron chi connectivity index (χ2n) is 3.15. The van der Waals surface area contributed by atoms with E-state index in [2.05, 4.69) is 20.5 Å². The van der Waals surface area contributed by atoms with E-state index < -0.39 is 11.4 Å². The van der Waals surface area contributed by atoms with Gasteiger partial charge < -0.3 is 12.0 Å². The summed E-state index contributed by atoms with van der Waals surface area (Å²) in [4.78, 5) is 10.5. The molecule has 0 aliphatic carbocycles.